The third-order valence-electron chi connectivity index (χ3n) is 2.83. The molecular weight excluding hydrogens is 242 g/mol. The van der Waals surface area contributed by atoms with E-state index in [1.807, 2.05) is 32.9 Å². The van der Waals surface area contributed by atoms with Gasteiger partial charge in [0.2, 0.25) is 0 Å². The van der Waals surface area contributed by atoms with Gasteiger partial charge in [-0.25, -0.2) is 0 Å². The van der Waals surface area contributed by atoms with E-state index >= 15 is 0 Å². The van der Waals surface area contributed by atoms with Crippen LogP contribution in [0.2, 0.25) is 0 Å². The first-order valence-electron chi connectivity index (χ1n) is 6.64. The lowest BCUT2D eigenvalue weighted by Crippen LogP contribution is -2.18. The molecule has 2 N–H and O–H groups in total. The zero-order chi connectivity index (χ0) is 14.4. The van der Waals surface area contributed by atoms with Crippen molar-refractivity contribution in [1.82, 2.24) is 0 Å². The number of esters is 1. The predicted octanol–water partition coefficient (Wildman–Crippen LogP) is 2.66. The number of carbonyl (C=O) groups excluding carboxylic acids is 1. The van der Waals surface area contributed by atoms with Crippen molar-refractivity contribution in [2.45, 2.75) is 40.2 Å². The van der Waals surface area contributed by atoms with Crippen molar-refractivity contribution in [1.29, 1.82) is 0 Å². The molecule has 0 fully saturated rings. The first-order chi connectivity index (χ1) is 8.99. The molecule has 0 aliphatic rings. The number of ether oxygens (including phenoxy) is 2. The summed E-state index contributed by atoms with van der Waals surface area (Å²) in [7, 11) is 0. The Morgan fingerprint density at radius 3 is 2.53 bits per heavy atom. The molecule has 0 aliphatic carbocycles. The monoisotopic (exact) mass is 265 g/mol. The summed E-state index contributed by atoms with van der Waals surface area (Å²) in [6.07, 6.45) is 0.163. The summed E-state index contributed by atoms with van der Waals surface area (Å²) in [4.78, 5) is 11.5. The Kier molecular flexibility index (Phi) is 5.83. The molecule has 4 nitrogen and oxygen atoms in total. The molecule has 0 bridgehead atoms. The Balaban J connectivity index is 2.99. The van der Waals surface area contributed by atoms with Crippen LogP contribution in [0.5, 0.6) is 5.75 Å². The lowest BCUT2D eigenvalue weighted by atomic mass is 9.98. The molecule has 0 heterocycles. The van der Waals surface area contributed by atoms with Crippen LogP contribution in [0, 0.1) is 13.8 Å². The van der Waals surface area contributed by atoms with E-state index in [0.29, 0.717) is 13.2 Å². The summed E-state index contributed by atoms with van der Waals surface area (Å²) in [5.41, 5.74) is 9.13. The van der Waals surface area contributed by atoms with Crippen LogP contribution in [-0.4, -0.2) is 19.2 Å². The molecule has 0 aromatic heterocycles. The SMILES string of the molecule is CCOC(=O)CC(N)c1cc(C)cc(C)c1OCC. The van der Waals surface area contributed by atoms with Gasteiger partial charge in [0.05, 0.1) is 19.6 Å². The fraction of sp³-hybridized carbons (Fsp3) is 0.533. The first kappa shape index (κ1) is 15.5. The lowest BCUT2D eigenvalue weighted by Gasteiger charge is -2.19. The molecule has 1 unspecified atom stereocenters. The minimum Gasteiger partial charge on any atom is -0.493 e. The van der Waals surface area contributed by atoms with E-state index in [4.69, 9.17) is 15.2 Å². The molecule has 106 valence electrons. The van der Waals surface area contributed by atoms with Crippen LogP contribution in [0.4, 0.5) is 0 Å². The van der Waals surface area contributed by atoms with Crippen LogP contribution in [-0.2, 0) is 9.53 Å². The number of rotatable bonds is 6. The van der Waals surface area contributed by atoms with Crippen LogP contribution in [0.3, 0.4) is 0 Å². The Hall–Kier alpha value is -1.55. The summed E-state index contributed by atoms with van der Waals surface area (Å²) in [5.74, 6) is 0.501. The van der Waals surface area contributed by atoms with Gasteiger partial charge in [0.25, 0.3) is 0 Å². The summed E-state index contributed by atoms with van der Waals surface area (Å²) in [6.45, 7) is 8.65. The average Bonchev–Trinajstić information content (AvgIpc) is 2.32. The highest BCUT2D eigenvalue weighted by Gasteiger charge is 2.18. The third kappa shape index (κ3) is 4.24. The summed E-state index contributed by atoms with van der Waals surface area (Å²) < 4.78 is 10.6. The van der Waals surface area contributed by atoms with Gasteiger partial charge in [-0.1, -0.05) is 17.7 Å². The van der Waals surface area contributed by atoms with Crippen molar-refractivity contribution in [3.05, 3.63) is 28.8 Å². The zero-order valence-electron chi connectivity index (χ0n) is 12.2. The fourth-order valence-corrected chi connectivity index (χ4v) is 2.11. The molecule has 0 aliphatic heterocycles. The highest BCUT2D eigenvalue weighted by atomic mass is 16.5. The van der Waals surface area contributed by atoms with Crippen LogP contribution in [0.25, 0.3) is 0 Å². The lowest BCUT2D eigenvalue weighted by molar-refractivity contribution is -0.143. The highest BCUT2D eigenvalue weighted by Crippen LogP contribution is 2.31. The van der Waals surface area contributed by atoms with Crippen LogP contribution in [0.1, 0.15) is 43.0 Å². The van der Waals surface area contributed by atoms with Gasteiger partial charge in [-0.05, 0) is 33.3 Å². The maximum Gasteiger partial charge on any atom is 0.307 e. The van der Waals surface area contributed by atoms with E-state index in [1.165, 1.54) is 0 Å². The van der Waals surface area contributed by atoms with Gasteiger partial charge in [-0.2, -0.15) is 0 Å². The van der Waals surface area contributed by atoms with Gasteiger partial charge in [0, 0.05) is 11.6 Å². The number of hydrogen-bond acceptors (Lipinski definition) is 4. The van der Waals surface area contributed by atoms with Gasteiger partial charge < -0.3 is 15.2 Å². The molecular formula is C15H23NO3. The largest absolute Gasteiger partial charge is 0.493 e. The van der Waals surface area contributed by atoms with Crippen molar-refractivity contribution in [2.75, 3.05) is 13.2 Å². The number of aryl methyl sites for hydroxylation is 2. The number of carbonyl (C=O) groups is 1. The van der Waals surface area contributed by atoms with Crippen LogP contribution >= 0.6 is 0 Å². The molecule has 1 aromatic rings. The molecule has 0 amide bonds. The molecule has 1 atom stereocenters. The minimum atomic E-state index is -0.404. The second kappa shape index (κ2) is 7.14. The Morgan fingerprint density at radius 2 is 1.95 bits per heavy atom. The molecule has 0 saturated carbocycles. The first-order valence-corrected chi connectivity index (χ1v) is 6.64. The Bertz CT molecular complexity index is 443. The highest BCUT2D eigenvalue weighted by molar-refractivity contribution is 5.70. The van der Waals surface area contributed by atoms with E-state index in [9.17, 15) is 4.79 Å². The van der Waals surface area contributed by atoms with E-state index in [1.54, 1.807) is 6.92 Å². The normalized spacial score (nSPS) is 12.1. The Labute approximate surface area is 114 Å². The average molecular weight is 265 g/mol. The van der Waals surface area contributed by atoms with Gasteiger partial charge in [-0.3, -0.25) is 4.79 Å². The van der Waals surface area contributed by atoms with E-state index in [0.717, 1.165) is 22.4 Å². The number of hydrogen-bond donors (Lipinski definition) is 1. The van der Waals surface area contributed by atoms with Gasteiger partial charge in [0.15, 0.2) is 0 Å². The Morgan fingerprint density at radius 1 is 1.26 bits per heavy atom. The molecule has 0 saturated heterocycles. The second-order valence-electron chi connectivity index (χ2n) is 4.55. The molecule has 19 heavy (non-hydrogen) atoms. The van der Waals surface area contributed by atoms with Crippen LogP contribution in [0.15, 0.2) is 12.1 Å². The molecule has 1 aromatic carbocycles. The van der Waals surface area contributed by atoms with E-state index in [2.05, 4.69) is 0 Å². The molecule has 0 spiro atoms. The topological polar surface area (TPSA) is 61.5 Å². The molecule has 0 radical (unpaired) electrons. The quantitative estimate of drug-likeness (QED) is 0.803. The molecule has 1 rings (SSSR count). The van der Waals surface area contributed by atoms with Gasteiger partial charge in [0.1, 0.15) is 5.75 Å². The minimum absolute atomic E-state index is 0.163. The van der Waals surface area contributed by atoms with Crippen molar-refractivity contribution in [3.63, 3.8) is 0 Å². The van der Waals surface area contributed by atoms with Crippen molar-refractivity contribution >= 4 is 5.97 Å². The summed E-state index contributed by atoms with van der Waals surface area (Å²) in [5, 5.41) is 0. The van der Waals surface area contributed by atoms with E-state index < -0.39 is 6.04 Å². The smallest absolute Gasteiger partial charge is 0.307 e. The van der Waals surface area contributed by atoms with Crippen LogP contribution < -0.4 is 10.5 Å². The second-order valence-corrected chi connectivity index (χ2v) is 4.55. The molecule has 4 heteroatoms. The predicted molar refractivity (Wildman–Crippen MR) is 75.3 cm³/mol. The maximum atomic E-state index is 11.5. The number of nitrogens with two attached hydrogens (primary N) is 1. The van der Waals surface area contributed by atoms with Crippen molar-refractivity contribution in [3.8, 4) is 5.75 Å². The maximum absolute atomic E-state index is 11.5. The third-order valence-corrected chi connectivity index (χ3v) is 2.83. The number of benzene rings is 1. The van der Waals surface area contributed by atoms with Gasteiger partial charge in [-0.15, -0.1) is 0 Å². The fourth-order valence-electron chi connectivity index (χ4n) is 2.11. The standard InChI is InChI=1S/C15H23NO3/c1-5-18-14(17)9-13(16)12-8-10(3)7-11(4)15(12)19-6-2/h7-8,13H,5-6,9,16H2,1-4H3. The zero-order valence-corrected chi connectivity index (χ0v) is 12.2. The summed E-state index contributed by atoms with van der Waals surface area (Å²) >= 11 is 0. The van der Waals surface area contributed by atoms with Crippen molar-refractivity contribution in [2.24, 2.45) is 5.73 Å². The summed E-state index contributed by atoms with van der Waals surface area (Å²) in [6, 6.07) is 3.62. The van der Waals surface area contributed by atoms with E-state index in [-0.39, 0.29) is 12.4 Å². The van der Waals surface area contributed by atoms with Gasteiger partial charge >= 0.3 is 5.97 Å². The van der Waals surface area contributed by atoms with Crippen molar-refractivity contribution < 1.29 is 14.3 Å².